The lowest BCUT2D eigenvalue weighted by Gasteiger charge is -2.17. The molecular weight excluding hydrogens is 364 g/mol. The first-order chi connectivity index (χ1) is 13.0. The summed E-state index contributed by atoms with van der Waals surface area (Å²) < 4.78 is 5.64. The van der Waals surface area contributed by atoms with Crippen LogP contribution >= 0.6 is 11.6 Å². The van der Waals surface area contributed by atoms with Crippen molar-refractivity contribution in [3.05, 3.63) is 59.1 Å². The largest absolute Gasteiger partial charge is 0.481 e. The quantitative estimate of drug-likeness (QED) is 0.772. The summed E-state index contributed by atoms with van der Waals surface area (Å²) in [6, 6.07) is 14.0. The third-order valence-corrected chi connectivity index (χ3v) is 4.87. The number of hydrogen-bond acceptors (Lipinski definition) is 3. The van der Waals surface area contributed by atoms with E-state index in [2.05, 4.69) is 10.6 Å². The zero-order valence-corrected chi connectivity index (χ0v) is 16.0. The normalized spacial score (nSPS) is 15.2. The molecule has 0 aliphatic heterocycles. The van der Waals surface area contributed by atoms with Gasteiger partial charge in [0, 0.05) is 11.1 Å². The van der Waals surface area contributed by atoms with Gasteiger partial charge in [0.05, 0.1) is 11.3 Å². The summed E-state index contributed by atoms with van der Waals surface area (Å²) in [6.07, 6.45) is 3.57. The van der Waals surface area contributed by atoms with Crippen LogP contribution in [-0.4, -0.2) is 24.0 Å². The first-order valence-electron chi connectivity index (χ1n) is 9.16. The molecule has 0 aromatic heterocycles. The van der Waals surface area contributed by atoms with Gasteiger partial charge in [0.2, 0.25) is 0 Å². The summed E-state index contributed by atoms with van der Waals surface area (Å²) in [6.45, 7) is 1.66. The van der Waals surface area contributed by atoms with Crippen LogP contribution in [0.1, 0.15) is 43.0 Å². The van der Waals surface area contributed by atoms with Gasteiger partial charge < -0.3 is 15.4 Å². The van der Waals surface area contributed by atoms with E-state index in [1.54, 1.807) is 55.5 Å². The SMILES string of the molecule is CC(Oc1ccc(Cl)cc1)C(=O)Nc1ccccc1C(=O)NC1CCCC1. The van der Waals surface area contributed by atoms with Crippen molar-refractivity contribution in [3.63, 3.8) is 0 Å². The molecule has 27 heavy (non-hydrogen) atoms. The first kappa shape index (κ1) is 19.2. The molecule has 0 radical (unpaired) electrons. The number of para-hydroxylation sites is 1. The van der Waals surface area contributed by atoms with Gasteiger partial charge in [-0.15, -0.1) is 0 Å². The second-order valence-corrected chi connectivity index (χ2v) is 7.14. The molecule has 0 spiro atoms. The van der Waals surface area contributed by atoms with Crippen molar-refractivity contribution in [2.75, 3.05) is 5.32 Å². The Hall–Kier alpha value is -2.53. The second kappa shape index (κ2) is 8.91. The molecule has 1 aliphatic rings. The van der Waals surface area contributed by atoms with Gasteiger partial charge in [0.15, 0.2) is 6.10 Å². The van der Waals surface area contributed by atoms with Crippen LogP contribution in [0.5, 0.6) is 5.75 Å². The molecule has 1 unspecified atom stereocenters. The molecular formula is C21H23ClN2O3. The lowest BCUT2D eigenvalue weighted by Crippen LogP contribution is -2.34. The number of hydrogen-bond donors (Lipinski definition) is 2. The number of halogens is 1. The average Bonchev–Trinajstić information content (AvgIpc) is 3.17. The van der Waals surface area contributed by atoms with E-state index in [0.717, 1.165) is 25.7 Å². The van der Waals surface area contributed by atoms with Crippen molar-refractivity contribution < 1.29 is 14.3 Å². The van der Waals surface area contributed by atoms with Crippen molar-refractivity contribution in [1.29, 1.82) is 0 Å². The molecule has 0 saturated heterocycles. The highest BCUT2D eigenvalue weighted by Gasteiger charge is 2.21. The summed E-state index contributed by atoms with van der Waals surface area (Å²) in [5.74, 6) is 0.0597. The number of carbonyl (C=O) groups excluding carboxylic acids is 2. The molecule has 3 rings (SSSR count). The standard InChI is InChI=1S/C21H23ClN2O3/c1-14(27-17-12-10-15(22)11-13-17)20(25)24-19-9-5-4-8-18(19)21(26)23-16-6-2-3-7-16/h4-5,8-14,16H,2-3,6-7H2,1H3,(H,23,26)(H,24,25). The van der Waals surface area contributed by atoms with Gasteiger partial charge in [-0.2, -0.15) is 0 Å². The van der Waals surface area contributed by atoms with Crippen LogP contribution in [0.2, 0.25) is 5.02 Å². The topological polar surface area (TPSA) is 67.4 Å². The summed E-state index contributed by atoms with van der Waals surface area (Å²) in [5, 5.41) is 6.44. The van der Waals surface area contributed by atoms with E-state index in [4.69, 9.17) is 16.3 Å². The van der Waals surface area contributed by atoms with Crippen molar-refractivity contribution in [2.45, 2.75) is 44.8 Å². The molecule has 2 N–H and O–H groups in total. The van der Waals surface area contributed by atoms with Crippen LogP contribution < -0.4 is 15.4 Å². The van der Waals surface area contributed by atoms with Crippen molar-refractivity contribution >= 4 is 29.1 Å². The summed E-state index contributed by atoms with van der Waals surface area (Å²) >= 11 is 5.85. The predicted octanol–water partition coefficient (Wildman–Crippen LogP) is 4.42. The van der Waals surface area contributed by atoms with E-state index < -0.39 is 6.10 Å². The number of benzene rings is 2. The molecule has 0 heterocycles. The molecule has 1 fully saturated rings. The Kier molecular flexibility index (Phi) is 6.35. The minimum atomic E-state index is -0.725. The van der Waals surface area contributed by atoms with Gasteiger partial charge in [0.25, 0.3) is 11.8 Å². The Balaban J connectivity index is 1.64. The highest BCUT2D eigenvalue weighted by Crippen LogP contribution is 2.21. The highest BCUT2D eigenvalue weighted by atomic mass is 35.5. The third kappa shape index (κ3) is 5.23. The van der Waals surface area contributed by atoms with Crippen molar-refractivity contribution in [1.82, 2.24) is 5.32 Å². The monoisotopic (exact) mass is 386 g/mol. The van der Waals surface area contributed by atoms with E-state index in [1.807, 2.05) is 0 Å². The minimum absolute atomic E-state index is 0.163. The van der Waals surface area contributed by atoms with Crippen LogP contribution in [-0.2, 0) is 4.79 Å². The molecule has 1 saturated carbocycles. The van der Waals surface area contributed by atoms with E-state index in [9.17, 15) is 9.59 Å². The molecule has 0 bridgehead atoms. The number of ether oxygens (including phenoxy) is 1. The maximum absolute atomic E-state index is 12.6. The molecule has 2 aromatic carbocycles. The van der Waals surface area contributed by atoms with Gasteiger partial charge in [-0.3, -0.25) is 9.59 Å². The number of anilines is 1. The Labute approximate surface area is 164 Å². The molecule has 142 valence electrons. The van der Waals surface area contributed by atoms with Gasteiger partial charge in [-0.25, -0.2) is 0 Å². The first-order valence-corrected chi connectivity index (χ1v) is 9.53. The zero-order valence-electron chi connectivity index (χ0n) is 15.2. The van der Waals surface area contributed by atoms with Crippen molar-refractivity contribution in [3.8, 4) is 5.75 Å². The average molecular weight is 387 g/mol. The molecule has 6 heteroatoms. The Morgan fingerprint density at radius 2 is 1.74 bits per heavy atom. The van der Waals surface area contributed by atoms with Gasteiger partial charge in [0.1, 0.15) is 5.75 Å². The van der Waals surface area contributed by atoms with Crippen LogP contribution in [0.25, 0.3) is 0 Å². The van der Waals surface area contributed by atoms with Gasteiger partial charge in [-0.05, 0) is 56.2 Å². The number of rotatable bonds is 6. The zero-order chi connectivity index (χ0) is 19.2. The lowest BCUT2D eigenvalue weighted by atomic mass is 10.1. The molecule has 1 atom stereocenters. The number of carbonyl (C=O) groups is 2. The van der Waals surface area contributed by atoms with Crippen LogP contribution in [0.3, 0.4) is 0 Å². The Morgan fingerprint density at radius 1 is 1.07 bits per heavy atom. The van der Waals surface area contributed by atoms with Crippen LogP contribution in [0.4, 0.5) is 5.69 Å². The van der Waals surface area contributed by atoms with E-state index >= 15 is 0 Å². The van der Waals surface area contributed by atoms with Crippen molar-refractivity contribution in [2.24, 2.45) is 0 Å². The Bertz CT molecular complexity index is 801. The molecule has 2 aromatic rings. The Morgan fingerprint density at radius 3 is 2.44 bits per heavy atom. The van der Waals surface area contributed by atoms with E-state index in [1.165, 1.54) is 0 Å². The fourth-order valence-corrected chi connectivity index (χ4v) is 3.25. The molecule has 5 nitrogen and oxygen atoms in total. The number of nitrogens with one attached hydrogen (secondary N) is 2. The summed E-state index contributed by atoms with van der Waals surface area (Å²) in [5.41, 5.74) is 0.931. The lowest BCUT2D eigenvalue weighted by molar-refractivity contribution is -0.122. The number of amides is 2. The smallest absolute Gasteiger partial charge is 0.265 e. The fraction of sp³-hybridized carbons (Fsp3) is 0.333. The molecule has 1 aliphatic carbocycles. The maximum atomic E-state index is 12.6. The third-order valence-electron chi connectivity index (χ3n) is 4.62. The summed E-state index contributed by atoms with van der Waals surface area (Å²) in [4.78, 5) is 25.1. The summed E-state index contributed by atoms with van der Waals surface area (Å²) in [7, 11) is 0. The highest BCUT2D eigenvalue weighted by molar-refractivity contribution is 6.30. The van der Waals surface area contributed by atoms with Gasteiger partial charge in [-0.1, -0.05) is 36.6 Å². The predicted molar refractivity (Wildman–Crippen MR) is 106 cm³/mol. The van der Waals surface area contributed by atoms with E-state index in [-0.39, 0.29) is 17.9 Å². The molecule has 2 amide bonds. The minimum Gasteiger partial charge on any atom is -0.481 e. The van der Waals surface area contributed by atoms with Crippen LogP contribution in [0.15, 0.2) is 48.5 Å². The second-order valence-electron chi connectivity index (χ2n) is 6.70. The fourth-order valence-electron chi connectivity index (χ4n) is 3.13. The van der Waals surface area contributed by atoms with Gasteiger partial charge >= 0.3 is 0 Å². The van der Waals surface area contributed by atoms with Crippen LogP contribution in [0, 0.1) is 0 Å². The van der Waals surface area contributed by atoms with E-state index in [0.29, 0.717) is 22.0 Å². The maximum Gasteiger partial charge on any atom is 0.265 e.